The average Bonchev–Trinajstić information content (AvgIpc) is 3.43. The van der Waals surface area contributed by atoms with E-state index in [9.17, 15) is 9.18 Å². The smallest absolute Gasteiger partial charge is 0.233 e. The zero-order valence-corrected chi connectivity index (χ0v) is 17.8. The van der Waals surface area contributed by atoms with E-state index in [-0.39, 0.29) is 17.5 Å². The fourth-order valence-electron chi connectivity index (χ4n) is 3.14. The minimum absolute atomic E-state index is 0.0309. The van der Waals surface area contributed by atoms with E-state index < -0.39 is 0 Å². The molecule has 0 N–H and O–H groups in total. The van der Waals surface area contributed by atoms with Crippen molar-refractivity contribution in [1.29, 1.82) is 0 Å². The van der Waals surface area contributed by atoms with Gasteiger partial charge in [0, 0.05) is 19.2 Å². The van der Waals surface area contributed by atoms with Gasteiger partial charge >= 0.3 is 0 Å². The lowest BCUT2D eigenvalue weighted by Gasteiger charge is -2.21. The first-order valence-corrected chi connectivity index (χ1v) is 10.7. The van der Waals surface area contributed by atoms with E-state index in [0.29, 0.717) is 24.1 Å². The Hall–Kier alpha value is -3.39. The lowest BCUT2D eigenvalue weighted by atomic mass is 10.2. The van der Waals surface area contributed by atoms with Crippen LogP contribution < -0.4 is 0 Å². The van der Waals surface area contributed by atoms with Gasteiger partial charge in [0.1, 0.15) is 11.6 Å². The molecule has 6 nitrogen and oxygen atoms in total. The molecule has 158 valence electrons. The largest absolute Gasteiger partial charge is 0.467 e. The predicted octanol–water partition coefficient (Wildman–Crippen LogP) is 4.54. The number of rotatable bonds is 8. The molecule has 0 spiro atoms. The first-order chi connectivity index (χ1) is 15.1. The average molecular weight is 437 g/mol. The number of aromatic nitrogens is 3. The lowest BCUT2D eigenvalue weighted by Crippen LogP contribution is -2.31. The third-order valence-corrected chi connectivity index (χ3v) is 5.76. The molecular weight excluding hydrogens is 415 g/mol. The van der Waals surface area contributed by atoms with E-state index in [2.05, 4.69) is 10.2 Å². The van der Waals surface area contributed by atoms with Crippen LogP contribution in [0.2, 0.25) is 0 Å². The van der Waals surface area contributed by atoms with Crippen LogP contribution in [0.3, 0.4) is 0 Å². The van der Waals surface area contributed by atoms with Crippen molar-refractivity contribution in [2.45, 2.75) is 18.2 Å². The third kappa shape index (κ3) is 5.21. The number of carbonyl (C=O) groups excluding carboxylic acids is 1. The highest BCUT2D eigenvalue weighted by atomic mass is 32.2. The summed E-state index contributed by atoms with van der Waals surface area (Å²) in [6, 6.07) is 19.6. The molecule has 4 aromatic rings. The molecule has 0 aliphatic carbocycles. The molecule has 0 aliphatic rings. The molecule has 0 saturated carbocycles. The number of nitrogens with zero attached hydrogens (tertiary/aromatic N) is 4. The topological polar surface area (TPSA) is 64.2 Å². The molecule has 4 rings (SSSR count). The van der Waals surface area contributed by atoms with Crippen molar-refractivity contribution in [2.75, 3.05) is 5.75 Å². The molecule has 0 radical (unpaired) electrons. The van der Waals surface area contributed by atoms with Gasteiger partial charge in [-0.25, -0.2) is 4.39 Å². The van der Waals surface area contributed by atoms with Gasteiger partial charge in [-0.2, -0.15) is 0 Å². The second-order valence-electron chi connectivity index (χ2n) is 6.98. The van der Waals surface area contributed by atoms with Crippen LogP contribution in [0.1, 0.15) is 11.3 Å². The summed E-state index contributed by atoms with van der Waals surface area (Å²) in [5, 5.41) is 9.01. The van der Waals surface area contributed by atoms with E-state index >= 15 is 0 Å². The molecule has 0 fully saturated rings. The van der Waals surface area contributed by atoms with E-state index in [4.69, 9.17) is 4.42 Å². The third-order valence-electron chi connectivity index (χ3n) is 4.76. The molecule has 1 amide bonds. The van der Waals surface area contributed by atoms with Crippen LogP contribution in [0.15, 0.2) is 82.6 Å². The highest BCUT2D eigenvalue weighted by Crippen LogP contribution is 2.23. The maximum absolute atomic E-state index is 13.2. The van der Waals surface area contributed by atoms with Gasteiger partial charge in [0.15, 0.2) is 11.0 Å². The summed E-state index contributed by atoms with van der Waals surface area (Å²) < 4.78 is 20.4. The molecule has 2 aromatic carbocycles. The molecule has 0 atom stereocenters. The zero-order valence-electron chi connectivity index (χ0n) is 16.9. The molecule has 0 bridgehead atoms. The SMILES string of the molecule is Cn1c(SCC(=O)N(Cc2ccccc2)Cc2ccco2)nnc1-c1ccc(F)cc1. The number of hydrogen-bond donors (Lipinski definition) is 0. The molecule has 8 heteroatoms. The van der Waals surface area contributed by atoms with E-state index in [1.165, 1.54) is 23.9 Å². The van der Waals surface area contributed by atoms with Gasteiger partial charge in [0.05, 0.1) is 18.6 Å². The molecule has 0 unspecified atom stereocenters. The summed E-state index contributed by atoms with van der Waals surface area (Å²) in [6.07, 6.45) is 1.60. The fourth-order valence-corrected chi connectivity index (χ4v) is 3.95. The van der Waals surface area contributed by atoms with E-state index in [0.717, 1.165) is 16.9 Å². The Morgan fingerprint density at radius 3 is 2.52 bits per heavy atom. The summed E-state index contributed by atoms with van der Waals surface area (Å²) in [6.45, 7) is 0.876. The highest BCUT2D eigenvalue weighted by Gasteiger charge is 2.19. The van der Waals surface area contributed by atoms with Gasteiger partial charge in [-0.1, -0.05) is 42.1 Å². The van der Waals surface area contributed by atoms with Gasteiger partial charge < -0.3 is 13.9 Å². The zero-order chi connectivity index (χ0) is 21.6. The minimum Gasteiger partial charge on any atom is -0.467 e. The molecule has 2 aromatic heterocycles. The number of benzene rings is 2. The quantitative estimate of drug-likeness (QED) is 0.380. The van der Waals surface area contributed by atoms with E-state index in [1.807, 2.05) is 49.5 Å². The molecular formula is C23H21FN4O2S. The molecule has 0 saturated heterocycles. The first-order valence-electron chi connectivity index (χ1n) is 9.72. The summed E-state index contributed by atoms with van der Waals surface area (Å²) >= 11 is 1.32. The second kappa shape index (κ2) is 9.61. The summed E-state index contributed by atoms with van der Waals surface area (Å²) in [4.78, 5) is 14.8. The van der Waals surface area contributed by atoms with Crippen molar-refractivity contribution in [2.24, 2.45) is 7.05 Å². The van der Waals surface area contributed by atoms with Gasteiger partial charge in [0.25, 0.3) is 0 Å². The van der Waals surface area contributed by atoms with Crippen LogP contribution in [0.4, 0.5) is 4.39 Å². The summed E-state index contributed by atoms with van der Waals surface area (Å²) in [7, 11) is 1.83. The van der Waals surface area contributed by atoms with E-state index in [1.54, 1.807) is 27.9 Å². The first kappa shape index (κ1) is 20.9. The van der Waals surface area contributed by atoms with Crippen LogP contribution in [-0.2, 0) is 24.9 Å². The molecule has 2 heterocycles. The van der Waals surface area contributed by atoms with Crippen LogP contribution in [-0.4, -0.2) is 31.3 Å². The number of halogens is 1. The van der Waals surface area contributed by atoms with Crippen molar-refractivity contribution < 1.29 is 13.6 Å². The summed E-state index contributed by atoms with van der Waals surface area (Å²) in [5.74, 6) is 1.22. The Balaban J connectivity index is 1.45. The number of furan rings is 1. The monoisotopic (exact) mass is 436 g/mol. The highest BCUT2D eigenvalue weighted by molar-refractivity contribution is 7.99. The lowest BCUT2D eigenvalue weighted by molar-refractivity contribution is -0.129. The van der Waals surface area contributed by atoms with Crippen molar-refractivity contribution in [1.82, 2.24) is 19.7 Å². The minimum atomic E-state index is -0.304. The van der Waals surface area contributed by atoms with Crippen molar-refractivity contribution in [3.8, 4) is 11.4 Å². The predicted molar refractivity (Wildman–Crippen MR) is 117 cm³/mol. The van der Waals surface area contributed by atoms with Crippen LogP contribution in [0.5, 0.6) is 0 Å². The Kier molecular flexibility index (Phi) is 6.47. The number of thioether (sulfide) groups is 1. The second-order valence-corrected chi connectivity index (χ2v) is 7.92. The van der Waals surface area contributed by atoms with Crippen molar-refractivity contribution in [3.63, 3.8) is 0 Å². The fraction of sp³-hybridized carbons (Fsp3) is 0.174. The van der Waals surface area contributed by atoms with Crippen molar-refractivity contribution in [3.05, 3.63) is 90.1 Å². The van der Waals surface area contributed by atoms with Gasteiger partial charge in [-0.05, 0) is 42.0 Å². The van der Waals surface area contributed by atoms with Crippen LogP contribution in [0.25, 0.3) is 11.4 Å². The number of amides is 1. The molecule has 31 heavy (non-hydrogen) atoms. The number of carbonyl (C=O) groups is 1. The maximum atomic E-state index is 13.2. The number of hydrogen-bond acceptors (Lipinski definition) is 5. The van der Waals surface area contributed by atoms with Crippen molar-refractivity contribution >= 4 is 17.7 Å². The Bertz CT molecular complexity index is 1130. The maximum Gasteiger partial charge on any atom is 0.233 e. The summed E-state index contributed by atoms with van der Waals surface area (Å²) in [5.41, 5.74) is 1.81. The van der Waals surface area contributed by atoms with Crippen LogP contribution in [0, 0.1) is 5.82 Å². The van der Waals surface area contributed by atoms with Gasteiger partial charge in [-0.3, -0.25) is 4.79 Å². The Labute approximate surface area is 183 Å². The van der Waals surface area contributed by atoms with Gasteiger partial charge in [0.2, 0.25) is 5.91 Å². The Morgan fingerprint density at radius 2 is 1.81 bits per heavy atom. The van der Waals surface area contributed by atoms with Crippen LogP contribution >= 0.6 is 11.8 Å². The van der Waals surface area contributed by atoms with Gasteiger partial charge in [-0.15, -0.1) is 10.2 Å². The molecule has 0 aliphatic heterocycles. The normalized spacial score (nSPS) is 10.9. The standard InChI is InChI=1S/C23H21FN4O2S/c1-27-22(18-9-11-19(24)12-10-18)25-26-23(27)31-16-21(29)28(15-20-8-5-13-30-20)14-17-6-3-2-4-7-17/h2-13H,14-16H2,1H3. The Morgan fingerprint density at radius 1 is 1.03 bits per heavy atom.